The molecule has 1 aliphatic rings. The average molecular weight is 430 g/mol. The van der Waals surface area contributed by atoms with Gasteiger partial charge in [-0.2, -0.15) is 5.10 Å². The van der Waals surface area contributed by atoms with Crippen LogP contribution in [-0.2, 0) is 7.05 Å². The molecule has 0 radical (unpaired) electrons. The van der Waals surface area contributed by atoms with E-state index < -0.39 is 0 Å². The maximum Gasteiger partial charge on any atom is 0.191 e. The standard InChI is InChI=1S/C14H22N8.HI/c1-9-6-11(9)21-14(15-2)17-5-4-16-12-10-7-20-22(3)13(10)19-8-18-12;/h7-9,11H,4-6H2,1-3H3,(H2,15,17,21)(H,16,18,19);1H. The van der Waals surface area contributed by atoms with Gasteiger partial charge < -0.3 is 16.0 Å². The minimum atomic E-state index is 0. The normalized spacial score (nSPS) is 20.0. The van der Waals surface area contributed by atoms with Gasteiger partial charge in [0.15, 0.2) is 11.6 Å². The van der Waals surface area contributed by atoms with Gasteiger partial charge in [0.2, 0.25) is 0 Å². The number of halogens is 1. The van der Waals surface area contributed by atoms with E-state index in [9.17, 15) is 0 Å². The summed E-state index contributed by atoms with van der Waals surface area (Å²) in [6.45, 7) is 3.73. The summed E-state index contributed by atoms with van der Waals surface area (Å²) in [6.07, 6.45) is 4.55. The van der Waals surface area contributed by atoms with E-state index in [1.54, 1.807) is 24.3 Å². The molecule has 0 saturated heterocycles. The number of aliphatic imine (C=N–C) groups is 1. The summed E-state index contributed by atoms with van der Waals surface area (Å²) in [5.74, 6) is 2.40. The number of guanidine groups is 1. The zero-order valence-electron chi connectivity index (χ0n) is 13.6. The van der Waals surface area contributed by atoms with Crippen LogP contribution < -0.4 is 16.0 Å². The van der Waals surface area contributed by atoms with Crippen molar-refractivity contribution in [3.05, 3.63) is 12.5 Å². The molecule has 0 aromatic carbocycles. The Morgan fingerprint density at radius 1 is 1.39 bits per heavy atom. The van der Waals surface area contributed by atoms with Crippen molar-refractivity contribution >= 4 is 46.8 Å². The van der Waals surface area contributed by atoms with Gasteiger partial charge in [-0.1, -0.05) is 6.92 Å². The van der Waals surface area contributed by atoms with Crippen LogP contribution in [0.3, 0.4) is 0 Å². The molecule has 1 saturated carbocycles. The Morgan fingerprint density at radius 2 is 2.17 bits per heavy atom. The molecule has 2 aromatic heterocycles. The molecule has 0 amide bonds. The van der Waals surface area contributed by atoms with Gasteiger partial charge in [-0.25, -0.2) is 9.97 Å². The maximum absolute atomic E-state index is 4.28. The van der Waals surface area contributed by atoms with Gasteiger partial charge in [-0.3, -0.25) is 9.67 Å². The molecule has 0 aliphatic heterocycles. The fourth-order valence-electron chi connectivity index (χ4n) is 2.36. The van der Waals surface area contributed by atoms with Crippen molar-refractivity contribution in [1.82, 2.24) is 30.4 Å². The lowest BCUT2D eigenvalue weighted by Gasteiger charge is -2.12. The third-order valence-corrected chi connectivity index (χ3v) is 3.89. The second-order valence-electron chi connectivity index (χ2n) is 5.62. The summed E-state index contributed by atoms with van der Waals surface area (Å²) in [6, 6.07) is 0.566. The van der Waals surface area contributed by atoms with Crippen LogP contribution in [0.5, 0.6) is 0 Å². The number of aryl methyl sites for hydroxylation is 1. The minimum Gasteiger partial charge on any atom is -0.368 e. The quantitative estimate of drug-likeness (QED) is 0.284. The Hall–Kier alpha value is -1.65. The number of anilines is 1. The number of rotatable bonds is 5. The van der Waals surface area contributed by atoms with Crippen molar-refractivity contribution < 1.29 is 0 Å². The van der Waals surface area contributed by atoms with Gasteiger partial charge in [0.05, 0.1) is 11.6 Å². The second-order valence-corrected chi connectivity index (χ2v) is 5.62. The highest BCUT2D eigenvalue weighted by Crippen LogP contribution is 2.28. The highest BCUT2D eigenvalue weighted by atomic mass is 127. The van der Waals surface area contributed by atoms with Crippen molar-refractivity contribution in [2.75, 3.05) is 25.5 Å². The Labute approximate surface area is 152 Å². The van der Waals surface area contributed by atoms with Crippen LogP contribution >= 0.6 is 24.0 Å². The van der Waals surface area contributed by atoms with Crippen LogP contribution in [0.2, 0.25) is 0 Å². The monoisotopic (exact) mass is 430 g/mol. The van der Waals surface area contributed by atoms with E-state index in [1.807, 2.05) is 7.05 Å². The summed E-state index contributed by atoms with van der Waals surface area (Å²) < 4.78 is 1.74. The fourth-order valence-corrected chi connectivity index (χ4v) is 2.36. The number of hydrogen-bond acceptors (Lipinski definition) is 5. The molecule has 0 spiro atoms. The predicted molar refractivity (Wildman–Crippen MR) is 102 cm³/mol. The first kappa shape index (κ1) is 17.7. The molecular formula is C14H23IN8. The molecule has 8 nitrogen and oxygen atoms in total. The van der Waals surface area contributed by atoms with Gasteiger partial charge in [0.25, 0.3) is 0 Å². The Bertz CT molecular complexity index is 682. The van der Waals surface area contributed by atoms with Gasteiger partial charge in [0.1, 0.15) is 12.1 Å². The lowest BCUT2D eigenvalue weighted by molar-refractivity contribution is 0.766. The van der Waals surface area contributed by atoms with Gasteiger partial charge >= 0.3 is 0 Å². The topological polar surface area (TPSA) is 92.1 Å². The molecule has 1 aliphatic carbocycles. The first-order valence-electron chi connectivity index (χ1n) is 7.53. The number of nitrogens with zero attached hydrogens (tertiary/aromatic N) is 5. The maximum atomic E-state index is 4.28. The van der Waals surface area contributed by atoms with Crippen molar-refractivity contribution in [1.29, 1.82) is 0 Å². The predicted octanol–water partition coefficient (Wildman–Crippen LogP) is 0.967. The molecular weight excluding hydrogens is 407 g/mol. The minimum absolute atomic E-state index is 0. The molecule has 3 N–H and O–H groups in total. The number of hydrogen-bond donors (Lipinski definition) is 3. The van der Waals surface area contributed by atoms with Crippen LogP contribution in [0.1, 0.15) is 13.3 Å². The summed E-state index contributed by atoms with van der Waals surface area (Å²) in [5, 5.41) is 15.1. The lowest BCUT2D eigenvalue weighted by atomic mass is 10.4. The fraction of sp³-hybridized carbons (Fsp3) is 0.571. The van der Waals surface area contributed by atoms with E-state index in [2.05, 4.69) is 42.9 Å². The first-order chi connectivity index (χ1) is 10.7. The number of nitrogens with one attached hydrogen (secondary N) is 3. The van der Waals surface area contributed by atoms with Crippen molar-refractivity contribution in [2.45, 2.75) is 19.4 Å². The summed E-state index contributed by atoms with van der Waals surface area (Å²) in [5.41, 5.74) is 0.825. The highest BCUT2D eigenvalue weighted by Gasteiger charge is 2.33. The molecule has 2 heterocycles. The molecule has 2 unspecified atom stereocenters. The summed E-state index contributed by atoms with van der Waals surface area (Å²) in [7, 11) is 3.66. The van der Waals surface area contributed by atoms with Crippen LogP contribution in [0.15, 0.2) is 17.5 Å². The van der Waals surface area contributed by atoms with E-state index in [0.29, 0.717) is 6.04 Å². The Kier molecular flexibility index (Phi) is 5.97. The van der Waals surface area contributed by atoms with Crippen LogP contribution in [0.4, 0.5) is 5.82 Å². The first-order valence-corrected chi connectivity index (χ1v) is 7.53. The van der Waals surface area contributed by atoms with Crippen molar-refractivity contribution in [3.8, 4) is 0 Å². The Balaban J connectivity index is 0.00000192. The van der Waals surface area contributed by atoms with E-state index in [-0.39, 0.29) is 24.0 Å². The molecule has 3 rings (SSSR count). The molecule has 2 aromatic rings. The molecule has 0 bridgehead atoms. The van der Waals surface area contributed by atoms with Crippen LogP contribution in [0, 0.1) is 5.92 Å². The zero-order chi connectivity index (χ0) is 15.5. The largest absolute Gasteiger partial charge is 0.368 e. The second kappa shape index (κ2) is 7.75. The lowest BCUT2D eigenvalue weighted by Crippen LogP contribution is -2.41. The summed E-state index contributed by atoms with van der Waals surface area (Å²) in [4.78, 5) is 12.7. The van der Waals surface area contributed by atoms with Gasteiger partial charge in [-0.15, -0.1) is 24.0 Å². The average Bonchev–Trinajstić information content (AvgIpc) is 3.08. The van der Waals surface area contributed by atoms with Crippen LogP contribution in [-0.4, -0.2) is 51.9 Å². The third-order valence-electron chi connectivity index (χ3n) is 3.89. The molecule has 1 fully saturated rings. The molecule has 126 valence electrons. The Morgan fingerprint density at radius 3 is 2.87 bits per heavy atom. The van der Waals surface area contributed by atoms with Gasteiger partial charge in [-0.05, 0) is 12.3 Å². The SMILES string of the molecule is CN=C(NCCNc1ncnc2c1cnn2C)NC1CC1C.I. The third kappa shape index (κ3) is 4.21. The van der Waals surface area contributed by atoms with Crippen molar-refractivity contribution in [2.24, 2.45) is 18.0 Å². The molecule has 2 atom stereocenters. The van der Waals surface area contributed by atoms with Crippen molar-refractivity contribution in [3.63, 3.8) is 0 Å². The highest BCUT2D eigenvalue weighted by molar-refractivity contribution is 14.0. The van der Waals surface area contributed by atoms with Crippen LogP contribution in [0.25, 0.3) is 11.0 Å². The smallest absolute Gasteiger partial charge is 0.191 e. The van der Waals surface area contributed by atoms with E-state index >= 15 is 0 Å². The van der Waals surface area contributed by atoms with E-state index in [0.717, 1.165) is 41.8 Å². The number of aromatic nitrogens is 4. The molecule has 23 heavy (non-hydrogen) atoms. The molecule has 9 heteroatoms. The summed E-state index contributed by atoms with van der Waals surface area (Å²) >= 11 is 0. The van der Waals surface area contributed by atoms with Gasteiger partial charge in [0, 0.05) is 33.2 Å². The van der Waals surface area contributed by atoms with E-state index in [4.69, 9.17) is 0 Å². The zero-order valence-corrected chi connectivity index (χ0v) is 15.9. The number of fused-ring (bicyclic) bond motifs is 1. The van der Waals surface area contributed by atoms with E-state index in [1.165, 1.54) is 6.42 Å².